The average Bonchev–Trinajstić information content (AvgIpc) is 3.25. The Balaban J connectivity index is 1.80. The molecule has 27 heavy (non-hydrogen) atoms. The van der Waals surface area contributed by atoms with Crippen LogP contribution in [0.15, 0.2) is 55.0 Å². The number of H-pyrrole nitrogens is 1. The number of carbonyl (C=O) groups is 2. The van der Waals surface area contributed by atoms with Crippen LogP contribution in [0.4, 0.5) is 5.13 Å². The minimum atomic E-state index is -0.154. The summed E-state index contributed by atoms with van der Waals surface area (Å²) >= 11 is 1.45. The number of carbonyl (C=O) groups excluding carboxylic acids is 2. The maximum atomic E-state index is 11.5. The maximum Gasteiger partial charge on any atom is 0.227 e. The second kappa shape index (κ2) is 6.85. The molecule has 0 saturated carbocycles. The van der Waals surface area contributed by atoms with Gasteiger partial charge < -0.3 is 10.3 Å². The van der Waals surface area contributed by atoms with Crippen LogP contribution >= 0.6 is 11.3 Å². The summed E-state index contributed by atoms with van der Waals surface area (Å²) in [6.45, 7) is 2.99. The van der Waals surface area contributed by atoms with E-state index in [1.165, 1.54) is 30.1 Å². The fourth-order valence-electron chi connectivity index (χ4n) is 3.09. The standard InChI is InChI=1S/C20H18N4O2S/c1-12(25)22-20-23-18(16-11-21-17-6-4-3-5-15(16)17)19(27-20)14-7-9-24(10-8-14)13(2)26/h3-11,14,21H,1-2H3,(H,22,23,25). The van der Waals surface area contributed by atoms with Gasteiger partial charge in [0, 0.05) is 59.7 Å². The molecule has 6 nitrogen and oxygen atoms in total. The van der Waals surface area contributed by atoms with Crippen molar-refractivity contribution in [1.82, 2.24) is 14.9 Å². The van der Waals surface area contributed by atoms with Gasteiger partial charge in [0.25, 0.3) is 0 Å². The van der Waals surface area contributed by atoms with E-state index in [1.54, 1.807) is 12.4 Å². The Morgan fingerprint density at radius 3 is 2.63 bits per heavy atom. The van der Waals surface area contributed by atoms with Crippen LogP contribution in [0.1, 0.15) is 24.6 Å². The van der Waals surface area contributed by atoms with Crippen LogP contribution in [-0.4, -0.2) is 26.7 Å². The SMILES string of the molecule is CC(=O)Nc1nc(-c2c[nH]c3ccccc23)c(C2C=CN(C(C)=O)C=C2)s1. The van der Waals surface area contributed by atoms with Gasteiger partial charge in [-0.1, -0.05) is 30.4 Å². The number of hydrogen-bond acceptors (Lipinski definition) is 4. The van der Waals surface area contributed by atoms with Crippen molar-refractivity contribution >= 4 is 39.2 Å². The van der Waals surface area contributed by atoms with E-state index in [0.29, 0.717) is 5.13 Å². The number of nitrogens with zero attached hydrogens (tertiary/aromatic N) is 2. The molecular weight excluding hydrogens is 360 g/mol. The Hall–Kier alpha value is -3.19. The molecule has 7 heteroatoms. The van der Waals surface area contributed by atoms with Crippen molar-refractivity contribution in [3.63, 3.8) is 0 Å². The minimum Gasteiger partial charge on any atom is -0.360 e. The predicted molar refractivity (Wildman–Crippen MR) is 107 cm³/mol. The Morgan fingerprint density at radius 2 is 1.93 bits per heavy atom. The van der Waals surface area contributed by atoms with E-state index in [4.69, 9.17) is 4.98 Å². The first-order valence-electron chi connectivity index (χ1n) is 8.53. The Bertz CT molecular complexity index is 1080. The van der Waals surface area contributed by atoms with Gasteiger partial charge in [0.1, 0.15) is 0 Å². The molecule has 3 heterocycles. The number of anilines is 1. The lowest BCUT2D eigenvalue weighted by Gasteiger charge is -2.18. The van der Waals surface area contributed by atoms with Crippen molar-refractivity contribution in [3.8, 4) is 11.3 Å². The predicted octanol–water partition coefficient (Wildman–Crippen LogP) is 4.22. The molecule has 1 aliphatic heterocycles. The fraction of sp³-hybridized carbons (Fsp3) is 0.150. The van der Waals surface area contributed by atoms with Gasteiger partial charge in [-0.25, -0.2) is 4.98 Å². The number of thiazole rings is 1. The first-order chi connectivity index (χ1) is 13.0. The summed E-state index contributed by atoms with van der Waals surface area (Å²) in [4.78, 5) is 33.6. The molecule has 0 unspecified atom stereocenters. The molecular formula is C20H18N4O2S. The number of aromatic amines is 1. The topological polar surface area (TPSA) is 78.1 Å². The molecule has 0 aliphatic carbocycles. The van der Waals surface area contributed by atoms with E-state index in [1.807, 2.05) is 42.6 Å². The molecule has 2 amide bonds. The van der Waals surface area contributed by atoms with Crippen LogP contribution in [0, 0.1) is 0 Å². The van der Waals surface area contributed by atoms with Crippen LogP contribution in [0.5, 0.6) is 0 Å². The number of fused-ring (bicyclic) bond motifs is 1. The quantitative estimate of drug-likeness (QED) is 0.716. The maximum absolute atomic E-state index is 11.5. The largest absolute Gasteiger partial charge is 0.360 e. The van der Waals surface area contributed by atoms with Crippen LogP contribution in [0.2, 0.25) is 0 Å². The Labute approximate surface area is 160 Å². The first kappa shape index (κ1) is 17.2. The van der Waals surface area contributed by atoms with E-state index in [2.05, 4.69) is 10.3 Å². The van der Waals surface area contributed by atoms with E-state index in [0.717, 1.165) is 27.0 Å². The average molecular weight is 378 g/mol. The van der Waals surface area contributed by atoms with Crippen molar-refractivity contribution in [2.75, 3.05) is 5.32 Å². The van der Waals surface area contributed by atoms with Gasteiger partial charge in [-0.15, -0.1) is 11.3 Å². The summed E-state index contributed by atoms with van der Waals surface area (Å²) in [5.74, 6) is -0.219. The molecule has 0 saturated heterocycles. The molecule has 4 rings (SSSR count). The van der Waals surface area contributed by atoms with Crippen LogP contribution < -0.4 is 5.32 Å². The summed E-state index contributed by atoms with van der Waals surface area (Å²) in [6.07, 6.45) is 9.40. The van der Waals surface area contributed by atoms with Crippen molar-refractivity contribution in [1.29, 1.82) is 0 Å². The molecule has 0 fully saturated rings. The highest BCUT2D eigenvalue weighted by molar-refractivity contribution is 7.16. The van der Waals surface area contributed by atoms with Crippen LogP contribution in [0.25, 0.3) is 22.2 Å². The van der Waals surface area contributed by atoms with E-state index in [9.17, 15) is 9.59 Å². The lowest BCUT2D eigenvalue weighted by atomic mass is 10.0. The molecule has 1 aromatic carbocycles. The van der Waals surface area contributed by atoms with Crippen LogP contribution in [-0.2, 0) is 9.59 Å². The van der Waals surface area contributed by atoms with Gasteiger partial charge in [-0.3, -0.25) is 14.5 Å². The molecule has 0 spiro atoms. The molecule has 3 aromatic rings. The Morgan fingerprint density at radius 1 is 1.19 bits per heavy atom. The summed E-state index contributed by atoms with van der Waals surface area (Å²) in [6, 6.07) is 8.04. The number of amides is 2. The number of allylic oxidation sites excluding steroid dienone is 2. The normalized spacial score (nSPS) is 14.1. The summed E-state index contributed by atoms with van der Waals surface area (Å²) < 4.78 is 0. The van der Waals surface area contributed by atoms with Gasteiger partial charge in [0.05, 0.1) is 5.69 Å². The molecule has 2 N–H and O–H groups in total. The molecule has 0 bridgehead atoms. The molecule has 0 atom stereocenters. The third-order valence-corrected chi connectivity index (χ3v) is 5.43. The lowest BCUT2D eigenvalue weighted by molar-refractivity contribution is -0.124. The van der Waals surface area contributed by atoms with Crippen LogP contribution in [0.3, 0.4) is 0 Å². The zero-order valence-electron chi connectivity index (χ0n) is 14.9. The zero-order chi connectivity index (χ0) is 19.0. The lowest BCUT2D eigenvalue weighted by Crippen LogP contribution is -2.18. The van der Waals surface area contributed by atoms with Gasteiger partial charge in [0.2, 0.25) is 11.8 Å². The third-order valence-electron chi connectivity index (χ3n) is 4.36. The Kier molecular flexibility index (Phi) is 4.37. The second-order valence-electron chi connectivity index (χ2n) is 6.30. The van der Waals surface area contributed by atoms with E-state index < -0.39 is 0 Å². The van der Waals surface area contributed by atoms with Gasteiger partial charge in [-0.2, -0.15) is 0 Å². The molecule has 2 aromatic heterocycles. The number of benzene rings is 1. The smallest absolute Gasteiger partial charge is 0.227 e. The van der Waals surface area contributed by atoms with Crippen molar-refractivity contribution in [2.45, 2.75) is 19.8 Å². The fourth-order valence-corrected chi connectivity index (χ4v) is 4.18. The zero-order valence-corrected chi connectivity index (χ0v) is 15.7. The molecule has 0 radical (unpaired) electrons. The summed E-state index contributed by atoms with van der Waals surface area (Å²) in [5, 5.41) is 4.43. The van der Waals surface area contributed by atoms with E-state index >= 15 is 0 Å². The summed E-state index contributed by atoms with van der Waals surface area (Å²) in [5.41, 5.74) is 2.85. The molecule has 136 valence electrons. The third kappa shape index (κ3) is 3.29. The van der Waals surface area contributed by atoms with Gasteiger partial charge >= 0.3 is 0 Å². The number of nitrogens with one attached hydrogen (secondary N) is 2. The highest BCUT2D eigenvalue weighted by atomic mass is 32.1. The highest BCUT2D eigenvalue weighted by Gasteiger charge is 2.23. The van der Waals surface area contributed by atoms with Gasteiger partial charge in [-0.05, 0) is 6.07 Å². The van der Waals surface area contributed by atoms with Crippen molar-refractivity contribution < 1.29 is 9.59 Å². The number of hydrogen-bond donors (Lipinski definition) is 2. The first-order valence-corrected chi connectivity index (χ1v) is 9.35. The summed E-state index contributed by atoms with van der Waals surface area (Å²) in [7, 11) is 0. The molecule has 1 aliphatic rings. The number of rotatable bonds is 3. The second-order valence-corrected chi connectivity index (χ2v) is 7.33. The van der Waals surface area contributed by atoms with Crippen molar-refractivity contribution in [2.24, 2.45) is 0 Å². The highest BCUT2D eigenvalue weighted by Crippen LogP contribution is 2.41. The minimum absolute atomic E-state index is 0.0238. The monoisotopic (exact) mass is 378 g/mol. The van der Waals surface area contributed by atoms with Gasteiger partial charge in [0.15, 0.2) is 5.13 Å². The number of aromatic nitrogens is 2. The van der Waals surface area contributed by atoms with E-state index in [-0.39, 0.29) is 17.7 Å². The number of para-hydroxylation sites is 1. The van der Waals surface area contributed by atoms with Crippen molar-refractivity contribution in [3.05, 3.63) is 59.9 Å².